The van der Waals surface area contributed by atoms with Crippen LogP contribution in [0.25, 0.3) is 22.5 Å². The Morgan fingerprint density at radius 3 is 1.97 bits per heavy atom. The van der Waals surface area contributed by atoms with E-state index in [9.17, 15) is 0 Å². The molecule has 0 aliphatic rings. The quantitative estimate of drug-likeness (QED) is 0.312. The van der Waals surface area contributed by atoms with E-state index in [1.54, 1.807) is 0 Å². The highest BCUT2D eigenvalue weighted by Gasteiger charge is 2.15. The average Bonchev–Trinajstić information content (AvgIpc) is 3.31. The van der Waals surface area contributed by atoms with E-state index in [4.69, 9.17) is 9.51 Å². The number of thioether (sulfide) groups is 1. The van der Waals surface area contributed by atoms with Crippen LogP contribution in [-0.4, -0.2) is 25.3 Å². The van der Waals surface area contributed by atoms with Gasteiger partial charge in [-0.05, 0) is 5.56 Å². The molecule has 7 heteroatoms. The Kier molecular flexibility index (Phi) is 5.98. The van der Waals surface area contributed by atoms with E-state index >= 15 is 0 Å². The van der Waals surface area contributed by atoms with E-state index in [2.05, 4.69) is 20.3 Å². The molecule has 6 nitrogen and oxygen atoms in total. The van der Waals surface area contributed by atoms with Crippen molar-refractivity contribution >= 4 is 11.8 Å². The smallest absolute Gasteiger partial charge is 0.237 e. The normalized spacial score (nSPS) is 10.9. The Bertz CT molecular complexity index is 1290. The highest BCUT2D eigenvalue weighted by atomic mass is 32.2. The SMILES string of the molecule is c1ccc(Cc2noc(CSc3nnc(-c4ccccc4)c(-c4ccccc4)n3)n2)cc1. The second-order valence-corrected chi connectivity index (χ2v) is 8.02. The van der Waals surface area contributed by atoms with Crippen molar-refractivity contribution < 1.29 is 4.52 Å². The predicted octanol–water partition coefficient (Wildman–Crippen LogP) is 5.47. The molecule has 32 heavy (non-hydrogen) atoms. The standard InChI is InChI=1S/C25H19N5OS/c1-4-10-18(11-5-1)16-21-26-22(31-30-21)17-32-25-27-23(19-12-6-2-7-13-19)24(28-29-25)20-14-8-3-9-15-20/h1-15H,16-17H2. The molecule has 0 radical (unpaired) electrons. The second kappa shape index (κ2) is 9.53. The first kappa shape index (κ1) is 20.1. The summed E-state index contributed by atoms with van der Waals surface area (Å²) in [5.41, 5.74) is 4.66. The largest absolute Gasteiger partial charge is 0.338 e. The molecule has 0 bridgehead atoms. The Balaban J connectivity index is 1.36. The maximum Gasteiger partial charge on any atom is 0.237 e. The number of hydrogen-bond acceptors (Lipinski definition) is 7. The van der Waals surface area contributed by atoms with Crippen molar-refractivity contribution in [3.8, 4) is 22.5 Å². The first-order valence-corrected chi connectivity index (χ1v) is 11.2. The monoisotopic (exact) mass is 437 g/mol. The van der Waals surface area contributed by atoms with Gasteiger partial charge in [0.25, 0.3) is 0 Å². The van der Waals surface area contributed by atoms with Crippen molar-refractivity contribution in [2.75, 3.05) is 0 Å². The minimum Gasteiger partial charge on any atom is -0.338 e. The fourth-order valence-corrected chi connectivity index (χ4v) is 3.91. The van der Waals surface area contributed by atoms with Crippen molar-refractivity contribution in [2.45, 2.75) is 17.3 Å². The lowest BCUT2D eigenvalue weighted by Gasteiger charge is -2.09. The molecule has 0 unspecified atom stereocenters. The van der Waals surface area contributed by atoms with E-state index in [0.717, 1.165) is 28.1 Å². The Morgan fingerprint density at radius 1 is 0.656 bits per heavy atom. The summed E-state index contributed by atoms with van der Waals surface area (Å²) < 4.78 is 5.41. The van der Waals surface area contributed by atoms with Crippen molar-refractivity contribution in [1.82, 2.24) is 25.3 Å². The number of hydrogen-bond donors (Lipinski definition) is 0. The lowest BCUT2D eigenvalue weighted by molar-refractivity contribution is 0.385. The minimum absolute atomic E-state index is 0.475. The molecular formula is C25H19N5OS. The van der Waals surface area contributed by atoms with Crippen LogP contribution in [0, 0.1) is 0 Å². The predicted molar refractivity (Wildman–Crippen MR) is 124 cm³/mol. The van der Waals surface area contributed by atoms with Gasteiger partial charge in [0, 0.05) is 17.5 Å². The Labute approximate surface area is 189 Å². The third-order valence-electron chi connectivity index (χ3n) is 4.80. The van der Waals surface area contributed by atoms with Gasteiger partial charge in [-0.1, -0.05) is 108 Å². The van der Waals surface area contributed by atoms with E-state index in [1.165, 1.54) is 11.8 Å². The summed E-state index contributed by atoms with van der Waals surface area (Å²) in [7, 11) is 0. The van der Waals surface area contributed by atoms with Crippen LogP contribution in [0.2, 0.25) is 0 Å². The summed E-state index contributed by atoms with van der Waals surface area (Å²) in [5.74, 6) is 1.68. The highest BCUT2D eigenvalue weighted by molar-refractivity contribution is 7.98. The van der Waals surface area contributed by atoms with Gasteiger partial charge in [-0.2, -0.15) is 4.98 Å². The average molecular weight is 438 g/mol. The summed E-state index contributed by atoms with van der Waals surface area (Å²) in [6.07, 6.45) is 0.636. The zero-order chi connectivity index (χ0) is 21.6. The summed E-state index contributed by atoms with van der Waals surface area (Å²) in [6, 6.07) is 30.1. The van der Waals surface area contributed by atoms with Crippen molar-refractivity contribution in [2.24, 2.45) is 0 Å². The topological polar surface area (TPSA) is 77.6 Å². The molecule has 3 aromatic carbocycles. The molecule has 2 aromatic heterocycles. The molecule has 0 spiro atoms. The second-order valence-electron chi connectivity index (χ2n) is 7.08. The molecule has 0 aliphatic carbocycles. The van der Waals surface area contributed by atoms with Crippen LogP contribution >= 0.6 is 11.8 Å². The van der Waals surface area contributed by atoms with E-state index < -0.39 is 0 Å². The zero-order valence-electron chi connectivity index (χ0n) is 17.1. The Morgan fingerprint density at radius 2 is 1.28 bits per heavy atom. The lowest BCUT2D eigenvalue weighted by Crippen LogP contribution is -1.99. The fraction of sp³-hybridized carbons (Fsp3) is 0.0800. The molecule has 0 N–H and O–H groups in total. The summed E-state index contributed by atoms with van der Waals surface area (Å²) in [6.45, 7) is 0. The molecule has 2 heterocycles. The number of rotatable bonds is 7. The molecule has 0 amide bonds. The number of benzene rings is 3. The summed E-state index contributed by atoms with van der Waals surface area (Å²) in [5, 5.41) is 13.5. The molecule has 156 valence electrons. The third kappa shape index (κ3) is 4.73. The molecule has 0 fully saturated rings. The Hall–Kier alpha value is -3.84. The van der Waals surface area contributed by atoms with E-state index in [-0.39, 0.29) is 0 Å². The van der Waals surface area contributed by atoms with Gasteiger partial charge < -0.3 is 4.52 Å². The maximum absolute atomic E-state index is 5.41. The molecular weight excluding hydrogens is 418 g/mol. The van der Waals surface area contributed by atoms with Gasteiger partial charge in [0.05, 0.1) is 5.75 Å². The van der Waals surface area contributed by atoms with Crippen molar-refractivity contribution in [1.29, 1.82) is 0 Å². The van der Waals surface area contributed by atoms with Crippen LogP contribution in [0.3, 0.4) is 0 Å². The molecule has 0 aliphatic heterocycles. The van der Waals surface area contributed by atoms with Crippen LogP contribution in [0.15, 0.2) is 101 Å². The summed E-state index contributed by atoms with van der Waals surface area (Å²) >= 11 is 1.42. The number of aromatic nitrogens is 5. The third-order valence-corrected chi connectivity index (χ3v) is 5.62. The van der Waals surface area contributed by atoms with E-state index in [1.807, 2.05) is 91.0 Å². The van der Waals surface area contributed by atoms with Gasteiger partial charge >= 0.3 is 0 Å². The van der Waals surface area contributed by atoms with Crippen LogP contribution in [0.4, 0.5) is 0 Å². The first-order valence-electron chi connectivity index (χ1n) is 10.2. The molecule has 0 saturated carbocycles. The van der Waals surface area contributed by atoms with Crippen LogP contribution < -0.4 is 0 Å². The fourth-order valence-electron chi connectivity index (χ4n) is 3.29. The lowest BCUT2D eigenvalue weighted by atomic mass is 10.0. The van der Waals surface area contributed by atoms with Gasteiger partial charge in [0.2, 0.25) is 11.0 Å². The van der Waals surface area contributed by atoms with Crippen LogP contribution in [-0.2, 0) is 12.2 Å². The molecule has 0 saturated heterocycles. The molecule has 5 aromatic rings. The van der Waals surface area contributed by atoms with Gasteiger partial charge in [-0.3, -0.25) is 0 Å². The van der Waals surface area contributed by atoms with Crippen molar-refractivity contribution in [3.05, 3.63) is 108 Å². The summed E-state index contributed by atoms with van der Waals surface area (Å²) in [4.78, 5) is 9.30. The van der Waals surface area contributed by atoms with Gasteiger partial charge in [0.1, 0.15) is 11.4 Å². The minimum atomic E-state index is 0.475. The zero-order valence-corrected chi connectivity index (χ0v) is 17.9. The molecule has 0 atom stereocenters. The maximum atomic E-state index is 5.41. The number of nitrogens with zero attached hydrogens (tertiary/aromatic N) is 5. The van der Waals surface area contributed by atoms with Gasteiger partial charge in [-0.15, -0.1) is 10.2 Å². The van der Waals surface area contributed by atoms with E-state index in [0.29, 0.717) is 29.0 Å². The van der Waals surface area contributed by atoms with Crippen LogP contribution in [0.5, 0.6) is 0 Å². The van der Waals surface area contributed by atoms with Gasteiger partial charge in [-0.25, -0.2) is 4.98 Å². The first-order chi connectivity index (χ1) is 15.8. The highest BCUT2D eigenvalue weighted by Crippen LogP contribution is 2.30. The van der Waals surface area contributed by atoms with Crippen LogP contribution in [0.1, 0.15) is 17.3 Å². The van der Waals surface area contributed by atoms with Gasteiger partial charge in [0.15, 0.2) is 5.82 Å². The molecule has 5 rings (SSSR count). The van der Waals surface area contributed by atoms with Crippen molar-refractivity contribution in [3.63, 3.8) is 0 Å².